The number of phenolic OH excluding ortho intramolecular Hbond substituents is 4. The summed E-state index contributed by atoms with van der Waals surface area (Å²) in [6.45, 7) is 4.44. The summed E-state index contributed by atoms with van der Waals surface area (Å²) in [5, 5.41) is 48.4. The molecule has 0 aliphatic rings. The van der Waals surface area contributed by atoms with E-state index in [-0.39, 0.29) is 41.7 Å². The van der Waals surface area contributed by atoms with E-state index in [1.807, 2.05) is 0 Å². The number of nitrogens with zero attached hydrogens (tertiary/aromatic N) is 1. The van der Waals surface area contributed by atoms with E-state index in [4.69, 9.17) is 0 Å². The number of hydrogen-bond donors (Lipinski definition) is 5. The third kappa shape index (κ3) is 5.34. The first-order valence-corrected chi connectivity index (χ1v) is 9.71. The van der Waals surface area contributed by atoms with Gasteiger partial charge in [0.15, 0.2) is 23.0 Å². The Labute approximate surface area is 174 Å². The van der Waals surface area contributed by atoms with Crippen molar-refractivity contribution >= 4 is 11.9 Å². The van der Waals surface area contributed by atoms with Crippen LogP contribution in [0.1, 0.15) is 25.0 Å². The Hall–Kier alpha value is -3.42. The van der Waals surface area contributed by atoms with Crippen LogP contribution < -0.4 is 0 Å². The number of carboxylic acids is 1. The number of rotatable bonds is 9. The summed E-state index contributed by atoms with van der Waals surface area (Å²) in [7, 11) is 0. The van der Waals surface area contributed by atoms with E-state index in [1.54, 1.807) is 18.7 Å². The number of carbonyl (C=O) groups is 2. The molecule has 2 aromatic carbocycles. The first-order chi connectivity index (χ1) is 14.2. The number of aliphatic carboxylic acids is 1. The van der Waals surface area contributed by atoms with Gasteiger partial charge in [0.2, 0.25) is 5.91 Å². The fraction of sp³-hybridized carbons (Fsp3) is 0.364. The molecule has 2 rings (SSSR count). The van der Waals surface area contributed by atoms with Gasteiger partial charge >= 0.3 is 5.97 Å². The van der Waals surface area contributed by atoms with Gasteiger partial charge in [-0.25, -0.2) is 0 Å². The lowest BCUT2D eigenvalue weighted by atomic mass is 9.81. The fourth-order valence-electron chi connectivity index (χ4n) is 3.47. The molecule has 0 unspecified atom stereocenters. The smallest absolute Gasteiger partial charge is 0.307 e. The molecule has 0 fully saturated rings. The second kappa shape index (κ2) is 9.87. The van der Waals surface area contributed by atoms with Gasteiger partial charge in [-0.05, 0) is 62.1 Å². The average Bonchev–Trinajstić information content (AvgIpc) is 2.70. The van der Waals surface area contributed by atoms with Gasteiger partial charge in [-0.3, -0.25) is 9.59 Å². The molecule has 2 atom stereocenters. The van der Waals surface area contributed by atoms with Crippen LogP contribution in [0.25, 0.3) is 0 Å². The van der Waals surface area contributed by atoms with Gasteiger partial charge in [0.25, 0.3) is 0 Å². The molecule has 0 aromatic heterocycles. The maximum Gasteiger partial charge on any atom is 0.307 e. The third-order valence-corrected chi connectivity index (χ3v) is 5.19. The van der Waals surface area contributed by atoms with Crippen LogP contribution in [0.3, 0.4) is 0 Å². The second-order valence-electron chi connectivity index (χ2n) is 7.12. The van der Waals surface area contributed by atoms with Gasteiger partial charge in [-0.2, -0.15) is 0 Å². The molecule has 30 heavy (non-hydrogen) atoms. The maximum atomic E-state index is 13.2. The quantitative estimate of drug-likeness (QED) is 0.395. The highest BCUT2D eigenvalue weighted by atomic mass is 16.4. The Morgan fingerprint density at radius 2 is 1.20 bits per heavy atom. The number of aromatic hydroxyl groups is 4. The molecule has 2 aromatic rings. The topological polar surface area (TPSA) is 139 Å². The Balaban J connectivity index is 2.43. The summed E-state index contributed by atoms with van der Waals surface area (Å²) in [5.41, 5.74) is 0.971. The first-order valence-electron chi connectivity index (χ1n) is 9.71. The summed E-state index contributed by atoms with van der Waals surface area (Å²) in [6, 6.07) is 8.17. The van der Waals surface area contributed by atoms with Crippen molar-refractivity contribution in [1.29, 1.82) is 0 Å². The summed E-state index contributed by atoms with van der Waals surface area (Å²) >= 11 is 0. The highest BCUT2D eigenvalue weighted by molar-refractivity contribution is 5.85. The number of carboxylic acid groups (broad SMARTS) is 1. The summed E-state index contributed by atoms with van der Waals surface area (Å²) in [4.78, 5) is 26.9. The lowest BCUT2D eigenvalue weighted by Crippen LogP contribution is -2.42. The van der Waals surface area contributed by atoms with E-state index in [1.165, 1.54) is 36.4 Å². The Morgan fingerprint density at radius 3 is 1.57 bits per heavy atom. The van der Waals surface area contributed by atoms with Crippen LogP contribution in [0.5, 0.6) is 23.0 Å². The number of carbonyl (C=O) groups excluding carboxylic acids is 1. The number of benzene rings is 2. The molecule has 8 nitrogen and oxygen atoms in total. The lowest BCUT2D eigenvalue weighted by Gasteiger charge is -2.29. The second-order valence-corrected chi connectivity index (χ2v) is 7.12. The van der Waals surface area contributed by atoms with Gasteiger partial charge in [-0.1, -0.05) is 12.1 Å². The van der Waals surface area contributed by atoms with Crippen molar-refractivity contribution in [2.75, 3.05) is 13.1 Å². The van der Waals surface area contributed by atoms with Crippen LogP contribution in [0.2, 0.25) is 0 Å². The van der Waals surface area contributed by atoms with Crippen molar-refractivity contribution in [2.45, 2.75) is 26.7 Å². The Bertz CT molecular complexity index is 908. The first kappa shape index (κ1) is 22.9. The van der Waals surface area contributed by atoms with Gasteiger partial charge < -0.3 is 30.4 Å². The molecule has 0 bridgehead atoms. The molecule has 0 aliphatic carbocycles. The largest absolute Gasteiger partial charge is 0.504 e. The molecule has 0 saturated heterocycles. The minimum atomic E-state index is -1.17. The zero-order valence-electron chi connectivity index (χ0n) is 16.9. The standard InChI is InChI=1S/C22H27NO7/c1-3-23(4-2)21(28)15(9-13-5-7-17(24)19(26)11-13)16(22(29)30)10-14-6-8-18(25)20(27)12-14/h5-8,11-12,15-16,24-27H,3-4,9-10H2,1-2H3,(H,29,30)/t15-,16-/m1/s1. The predicted octanol–water partition coefficient (Wildman–Crippen LogP) is 2.48. The zero-order valence-corrected chi connectivity index (χ0v) is 16.9. The summed E-state index contributed by atoms with van der Waals surface area (Å²) in [6.07, 6.45) is 0.00905. The van der Waals surface area contributed by atoms with E-state index in [9.17, 15) is 35.1 Å². The molecule has 0 heterocycles. The molecular formula is C22H27NO7. The maximum absolute atomic E-state index is 13.2. The average molecular weight is 417 g/mol. The summed E-state index contributed by atoms with van der Waals surface area (Å²) in [5.74, 6) is -4.90. The molecule has 0 radical (unpaired) electrons. The highest BCUT2D eigenvalue weighted by Gasteiger charge is 2.36. The Morgan fingerprint density at radius 1 is 0.767 bits per heavy atom. The van der Waals surface area contributed by atoms with E-state index >= 15 is 0 Å². The normalized spacial score (nSPS) is 12.9. The monoisotopic (exact) mass is 417 g/mol. The van der Waals surface area contributed by atoms with Crippen molar-refractivity contribution in [2.24, 2.45) is 11.8 Å². The fourth-order valence-corrected chi connectivity index (χ4v) is 3.47. The predicted molar refractivity (Wildman–Crippen MR) is 109 cm³/mol. The van der Waals surface area contributed by atoms with E-state index in [2.05, 4.69) is 0 Å². The highest BCUT2D eigenvalue weighted by Crippen LogP contribution is 2.31. The minimum absolute atomic E-state index is 0.0368. The van der Waals surface area contributed by atoms with E-state index in [0.29, 0.717) is 24.2 Å². The molecule has 162 valence electrons. The van der Waals surface area contributed by atoms with Crippen molar-refractivity contribution in [3.05, 3.63) is 47.5 Å². The van der Waals surface area contributed by atoms with Gasteiger partial charge in [-0.15, -0.1) is 0 Å². The van der Waals surface area contributed by atoms with Crippen LogP contribution in [-0.2, 0) is 22.4 Å². The van der Waals surface area contributed by atoms with Crippen molar-refractivity contribution in [3.63, 3.8) is 0 Å². The third-order valence-electron chi connectivity index (χ3n) is 5.19. The van der Waals surface area contributed by atoms with Gasteiger partial charge in [0.05, 0.1) is 11.8 Å². The van der Waals surface area contributed by atoms with Gasteiger partial charge in [0, 0.05) is 13.1 Å². The van der Waals surface area contributed by atoms with Crippen LogP contribution >= 0.6 is 0 Å². The molecule has 0 saturated carbocycles. The van der Waals surface area contributed by atoms with Crippen LogP contribution in [-0.4, -0.2) is 55.4 Å². The van der Waals surface area contributed by atoms with E-state index < -0.39 is 17.8 Å². The number of amides is 1. The van der Waals surface area contributed by atoms with Crippen LogP contribution in [0.4, 0.5) is 0 Å². The van der Waals surface area contributed by atoms with Gasteiger partial charge in [0.1, 0.15) is 0 Å². The van der Waals surface area contributed by atoms with Crippen molar-refractivity contribution in [1.82, 2.24) is 4.90 Å². The molecule has 1 amide bonds. The summed E-state index contributed by atoms with van der Waals surface area (Å²) < 4.78 is 0. The number of hydrogen-bond acceptors (Lipinski definition) is 6. The van der Waals surface area contributed by atoms with Crippen molar-refractivity contribution in [3.8, 4) is 23.0 Å². The van der Waals surface area contributed by atoms with Crippen molar-refractivity contribution < 1.29 is 35.1 Å². The molecule has 8 heteroatoms. The molecule has 0 aliphatic heterocycles. The number of phenols is 4. The van der Waals surface area contributed by atoms with E-state index in [0.717, 1.165) is 0 Å². The lowest BCUT2D eigenvalue weighted by molar-refractivity contribution is -0.150. The molecule has 0 spiro atoms. The zero-order chi connectivity index (χ0) is 22.4. The Kier molecular flexibility index (Phi) is 7.52. The SMILES string of the molecule is CCN(CC)C(=O)[C@H](Cc1ccc(O)c(O)c1)[C@@H](Cc1ccc(O)c(O)c1)C(=O)O. The minimum Gasteiger partial charge on any atom is -0.504 e. The molecule has 5 N–H and O–H groups in total. The van der Waals surface area contributed by atoms with Crippen LogP contribution in [0, 0.1) is 11.8 Å². The van der Waals surface area contributed by atoms with Crippen LogP contribution in [0.15, 0.2) is 36.4 Å². The molecular weight excluding hydrogens is 390 g/mol.